The summed E-state index contributed by atoms with van der Waals surface area (Å²) < 4.78 is 19.3. The molecule has 0 aliphatic heterocycles. The van der Waals surface area contributed by atoms with E-state index in [1.807, 2.05) is 18.2 Å². The lowest BCUT2D eigenvalue weighted by atomic mass is 10.1. The summed E-state index contributed by atoms with van der Waals surface area (Å²) in [5.74, 6) is -0.184. The number of methoxy groups -OCH3 is 1. The molecule has 0 bridgehead atoms. The summed E-state index contributed by atoms with van der Waals surface area (Å²) in [5.41, 5.74) is 8.82. The van der Waals surface area contributed by atoms with Crippen LogP contribution < -0.4 is 16.6 Å². The van der Waals surface area contributed by atoms with Crippen molar-refractivity contribution in [3.63, 3.8) is 0 Å². The van der Waals surface area contributed by atoms with Crippen molar-refractivity contribution in [3.8, 4) is 11.4 Å². The molecule has 0 aliphatic carbocycles. The number of pyridine rings is 1. The number of nitrogens with zero attached hydrogens (tertiary/aromatic N) is 1. The van der Waals surface area contributed by atoms with Crippen molar-refractivity contribution >= 4 is 27.6 Å². The molecule has 2 heterocycles. The smallest absolute Gasteiger partial charge is 0.261 e. The van der Waals surface area contributed by atoms with Crippen LogP contribution in [0, 0.1) is 5.82 Å². The molecule has 2 aromatic heterocycles. The van der Waals surface area contributed by atoms with E-state index >= 15 is 0 Å². The number of hydrogen-bond acceptors (Lipinski definition) is 5. The summed E-state index contributed by atoms with van der Waals surface area (Å²) >= 11 is 0. The maximum atomic E-state index is 14.3. The number of fused-ring (bicyclic) bond motifs is 2. The van der Waals surface area contributed by atoms with Gasteiger partial charge in [0, 0.05) is 20.2 Å². The first-order valence-electron chi connectivity index (χ1n) is 8.87. The number of ether oxygens (including phenoxy) is 1. The Balaban J connectivity index is 1.75. The molecule has 0 unspecified atom stereocenters. The molecule has 7 nitrogen and oxygen atoms in total. The average molecular weight is 381 g/mol. The minimum absolute atomic E-state index is 0.0670. The predicted molar refractivity (Wildman–Crippen MR) is 108 cm³/mol. The van der Waals surface area contributed by atoms with Gasteiger partial charge in [0.15, 0.2) is 0 Å². The Morgan fingerprint density at radius 1 is 1.21 bits per heavy atom. The molecule has 0 saturated carbocycles. The summed E-state index contributed by atoms with van der Waals surface area (Å²) in [4.78, 5) is 22.9. The molecular formula is C20H20FN5O2. The van der Waals surface area contributed by atoms with Crippen LogP contribution in [0.1, 0.15) is 5.56 Å². The van der Waals surface area contributed by atoms with Crippen molar-refractivity contribution in [3.05, 3.63) is 58.1 Å². The van der Waals surface area contributed by atoms with Crippen LogP contribution >= 0.6 is 0 Å². The van der Waals surface area contributed by atoms with Crippen molar-refractivity contribution < 1.29 is 9.13 Å². The number of nitrogens with one attached hydrogen (secondary N) is 3. The van der Waals surface area contributed by atoms with Crippen molar-refractivity contribution in [1.82, 2.24) is 20.3 Å². The van der Waals surface area contributed by atoms with Gasteiger partial charge < -0.3 is 25.8 Å². The van der Waals surface area contributed by atoms with Gasteiger partial charge in [0.2, 0.25) is 0 Å². The van der Waals surface area contributed by atoms with E-state index in [9.17, 15) is 9.18 Å². The SMILES string of the molecule is COCCNCc1ccc2nc(-c3c(N)c4c(F)cccc4[nH]c3=O)[nH]c2c1. The van der Waals surface area contributed by atoms with E-state index in [1.165, 1.54) is 12.1 Å². The van der Waals surface area contributed by atoms with Crippen LogP contribution in [-0.4, -0.2) is 35.2 Å². The van der Waals surface area contributed by atoms with Gasteiger partial charge in [-0.15, -0.1) is 0 Å². The second-order valence-electron chi connectivity index (χ2n) is 6.51. The molecule has 0 amide bonds. The fraction of sp³-hybridized carbons (Fsp3) is 0.200. The molecule has 4 rings (SSSR count). The van der Waals surface area contributed by atoms with E-state index in [0.717, 1.165) is 17.6 Å². The minimum atomic E-state index is -0.493. The number of imidazole rings is 1. The zero-order valence-electron chi connectivity index (χ0n) is 15.3. The van der Waals surface area contributed by atoms with E-state index in [-0.39, 0.29) is 16.6 Å². The van der Waals surface area contributed by atoms with Gasteiger partial charge in [-0.25, -0.2) is 9.37 Å². The highest BCUT2D eigenvalue weighted by Crippen LogP contribution is 2.29. The van der Waals surface area contributed by atoms with E-state index in [2.05, 4.69) is 20.3 Å². The Morgan fingerprint density at radius 2 is 2.07 bits per heavy atom. The summed E-state index contributed by atoms with van der Waals surface area (Å²) in [6.45, 7) is 2.06. The predicted octanol–water partition coefficient (Wildman–Crippen LogP) is 2.53. The van der Waals surface area contributed by atoms with Crippen LogP contribution in [0.15, 0.2) is 41.2 Å². The monoisotopic (exact) mass is 381 g/mol. The third-order valence-electron chi connectivity index (χ3n) is 4.62. The van der Waals surface area contributed by atoms with Gasteiger partial charge in [0.1, 0.15) is 17.2 Å². The Hall–Kier alpha value is -3.23. The Bertz CT molecular complexity index is 1210. The minimum Gasteiger partial charge on any atom is -0.397 e. The van der Waals surface area contributed by atoms with E-state index in [1.54, 1.807) is 13.2 Å². The molecule has 5 N–H and O–H groups in total. The maximum absolute atomic E-state index is 14.3. The zero-order chi connectivity index (χ0) is 19.7. The second-order valence-corrected chi connectivity index (χ2v) is 6.51. The molecule has 0 aliphatic rings. The molecule has 28 heavy (non-hydrogen) atoms. The largest absolute Gasteiger partial charge is 0.397 e. The Labute approximate surface area is 159 Å². The average Bonchev–Trinajstić information content (AvgIpc) is 3.07. The molecule has 2 aromatic carbocycles. The molecule has 4 aromatic rings. The van der Waals surface area contributed by atoms with Crippen LogP contribution in [-0.2, 0) is 11.3 Å². The number of benzene rings is 2. The van der Waals surface area contributed by atoms with Gasteiger partial charge in [-0.2, -0.15) is 0 Å². The zero-order valence-corrected chi connectivity index (χ0v) is 15.3. The van der Waals surface area contributed by atoms with Crippen LogP contribution in [0.3, 0.4) is 0 Å². The summed E-state index contributed by atoms with van der Waals surface area (Å²) in [5, 5.41) is 3.46. The third-order valence-corrected chi connectivity index (χ3v) is 4.62. The fourth-order valence-electron chi connectivity index (χ4n) is 3.26. The molecule has 0 atom stereocenters. The molecule has 8 heteroatoms. The third kappa shape index (κ3) is 3.23. The summed E-state index contributed by atoms with van der Waals surface area (Å²) in [7, 11) is 1.66. The number of H-pyrrole nitrogens is 2. The standard InChI is InChI=1S/C20H20FN5O2/c1-28-8-7-23-10-11-5-6-13-15(9-11)25-19(24-13)17-18(22)16-12(21)3-2-4-14(16)26-20(17)27/h2-6,9,23H,7-8,10H2,1H3,(H,24,25)(H3,22,26,27). The number of anilines is 1. The highest BCUT2D eigenvalue weighted by Gasteiger charge is 2.18. The first kappa shape index (κ1) is 18.1. The van der Waals surface area contributed by atoms with Crippen LogP contribution in [0.2, 0.25) is 0 Å². The Kier molecular flexibility index (Phi) is 4.81. The number of aromatic amines is 2. The van der Waals surface area contributed by atoms with E-state index in [0.29, 0.717) is 30.0 Å². The van der Waals surface area contributed by atoms with Gasteiger partial charge in [0.05, 0.1) is 34.2 Å². The number of halogens is 1. The Morgan fingerprint density at radius 3 is 2.89 bits per heavy atom. The molecule has 0 fully saturated rings. The van der Waals surface area contributed by atoms with Crippen molar-refractivity contribution in [2.75, 3.05) is 26.0 Å². The van der Waals surface area contributed by atoms with Crippen molar-refractivity contribution in [2.24, 2.45) is 0 Å². The van der Waals surface area contributed by atoms with Crippen LogP contribution in [0.5, 0.6) is 0 Å². The van der Waals surface area contributed by atoms with Crippen molar-refractivity contribution in [1.29, 1.82) is 0 Å². The van der Waals surface area contributed by atoms with E-state index < -0.39 is 11.4 Å². The van der Waals surface area contributed by atoms with Gasteiger partial charge in [-0.1, -0.05) is 12.1 Å². The molecule has 0 radical (unpaired) electrons. The highest BCUT2D eigenvalue weighted by atomic mass is 19.1. The van der Waals surface area contributed by atoms with Gasteiger partial charge >= 0.3 is 0 Å². The molecule has 144 valence electrons. The second kappa shape index (κ2) is 7.41. The quantitative estimate of drug-likeness (QED) is 0.384. The van der Waals surface area contributed by atoms with Gasteiger partial charge in [-0.05, 0) is 29.8 Å². The maximum Gasteiger partial charge on any atom is 0.261 e. The number of rotatable bonds is 6. The molecule has 0 saturated heterocycles. The lowest BCUT2D eigenvalue weighted by Crippen LogP contribution is -2.18. The number of aromatic nitrogens is 3. The lowest BCUT2D eigenvalue weighted by molar-refractivity contribution is 0.199. The summed E-state index contributed by atoms with van der Waals surface area (Å²) in [6, 6.07) is 10.2. The lowest BCUT2D eigenvalue weighted by Gasteiger charge is -2.07. The number of nitrogens with two attached hydrogens (primary N) is 1. The number of nitrogen functional groups attached to an aromatic ring is 1. The van der Waals surface area contributed by atoms with Crippen molar-refractivity contribution in [2.45, 2.75) is 6.54 Å². The highest BCUT2D eigenvalue weighted by molar-refractivity contribution is 5.98. The topological polar surface area (TPSA) is 109 Å². The molecular weight excluding hydrogens is 361 g/mol. The van der Waals surface area contributed by atoms with Gasteiger partial charge in [0.25, 0.3) is 5.56 Å². The van der Waals surface area contributed by atoms with Gasteiger partial charge in [-0.3, -0.25) is 4.79 Å². The molecule has 0 spiro atoms. The fourth-order valence-corrected chi connectivity index (χ4v) is 3.26. The first-order chi connectivity index (χ1) is 13.6. The van der Waals surface area contributed by atoms with Crippen LogP contribution in [0.25, 0.3) is 33.3 Å². The van der Waals surface area contributed by atoms with E-state index in [4.69, 9.17) is 10.5 Å². The first-order valence-corrected chi connectivity index (χ1v) is 8.87. The van der Waals surface area contributed by atoms with Crippen LogP contribution in [0.4, 0.5) is 10.1 Å². The normalized spacial score (nSPS) is 11.5. The summed E-state index contributed by atoms with van der Waals surface area (Å²) in [6.07, 6.45) is 0. The number of hydrogen-bond donors (Lipinski definition) is 4.